The molecule has 0 amide bonds. The molecule has 1 nitrogen and oxygen atoms in total. The van der Waals surface area contributed by atoms with Gasteiger partial charge in [0.25, 0.3) is 0 Å². The standard InChI is InChI=1S/C13H14O/c1-2-8-11-7-12(14)13(8)10-6-4-3-5-9(10)11/h2-6,8,11-14H,1,7H2/t8-,11-,12+,13+/m0/s1. The van der Waals surface area contributed by atoms with Gasteiger partial charge in [-0.05, 0) is 29.4 Å². The van der Waals surface area contributed by atoms with Crippen LogP contribution in [0.25, 0.3) is 0 Å². The SMILES string of the molecule is C=C[C@@H]1[C@@H]2c3ccccc3[C@H]1C[C@H]2O. The van der Waals surface area contributed by atoms with Crippen molar-refractivity contribution in [1.29, 1.82) is 0 Å². The molecular formula is C13H14O. The van der Waals surface area contributed by atoms with Gasteiger partial charge in [-0.3, -0.25) is 0 Å². The lowest BCUT2D eigenvalue weighted by Crippen LogP contribution is -2.15. The number of aliphatic hydroxyl groups excluding tert-OH is 1. The Bertz CT molecular complexity index is 383. The second kappa shape index (κ2) is 2.71. The lowest BCUT2D eigenvalue weighted by Gasteiger charge is -2.19. The topological polar surface area (TPSA) is 20.2 Å². The molecule has 0 heterocycles. The molecule has 0 aliphatic heterocycles. The van der Waals surface area contributed by atoms with Crippen LogP contribution in [0, 0.1) is 5.92 Å². The Hall–Kier alpha value is -1.08. The number of benzene rings is 1. The Kier molecular flexibility index (Phi) is 1.59. The van der Waals surface area contributed by atoms with Crippen LogP contribution in [-0.4, -0.2) is 11.2 Å². The lowest BCUT2D eigenvalue weighted by atomic mass is 9.90. The van der Waals surface area contributed by atoms with Crippen molar-refractivity contribution in [3.05, 3.63) is 48.0 Å². The van der Waals surface area contributed by atoms with Crippen molar-refractivity contribution in [3.63, 3.8) is 0 Å². The molecule has 2 bridgehead atoms. The average Bonchev–Trinajstić information content (AvgIpc) is 2.69. The van der Waals surface area contributed by atoms with E-state index in [9.17, 15) is 5.11 Å². The Balaban J connectivity index is 2.17. The minimum atomic E-state index is -0.155. The van der Waals surface area contributed by atoms with Gasteiger partial charge in [0.2, 0.25) is 0 Å². The normalized spacial score (nSPS) is 38.4. The Morgan fingerprint density at radius 1 is 1.29 bits per heavy atom. The van der Waals surface area contributed by atoms with E-state index in [2.05, 4.69) is 30.8 Å². The Morgan fingerprint density at radius 3 is 2.71 bits per heavy atom. The predicted molar refractivity (Wildman–Crippen MR) is 56.2 cm³/mol. The summed E-state index contributed by atoms with van der Waals surface area (Å²) < 4.78 is 0. The van der Waals surface area contributed by atoms with E-state index in [-0.39, 0.29) is 6.10 Å². The van der Waals surface area contributed by atoms with Gasteiger partial charge in [-0.1, -0.05) is 30.3 Å². The molecule has 2 aliphatic carbocycles. The third-order valence-corrected chi connectivity index (χ3v) is 3.82. The second-order valence-electron chi connectivity index (χ2n) is 4.38. The van der Waals surface area contributed by atoms with Gasteiger partial charge in [0.15, 0.2) is 0 Å². The average molecular weight is 186 g/mol. The summed E-state index contributed by atoms with van der Waals surface area (Å²) in [6.07, 6.45) is 2.78. The second-order valence-corrected chi connectivity index (χ2v) is 4.38. The number of allylic oxidation sites excluding steroid dienone is 1. The highest BCUT2D eigenvalue weighted by atomic mass is 16.3. The van der Waals surface area contributed by atoms with E-state index in [1.165, 1.54) is 11.1 Å². The molecule has 14 heavy (non-hydrogen) atoms. The number of hydrogen-bond donors (Lipinski definition) is 1. The third-order valence-electron chi connectivity index (χ3n) is 3.82. The molecule has 0 unspecified atom stereocenters. The Morgan fingerprint density at radius 2 is 2.00 bits per heavy atom. The maximum atomic E-state index is 9.92. The molecule has 0 saturated heterocycles. The van der Waals surface area contributed by atoms with Gasteiger partial charge in [0.05, 0.1) is 6.10 Å². The zero-order valence-corrected chi connectivity index (χ0v) is 8.06. The van der Waals surface area contributed by atoms with Crippen LogP contribution in [0.1, 0.15) is 29.4 Å². The van der Waals surface area contributed by atoms with Crippen LogP contribution in [-0.2, 0) is 0 Å². The largest absolute Gasteiger partial charge is 0.392 e. The molecule has 0 radical (unpaired) electrons. The highest BCUT2D eigenvalue weighted by Gasteiger charge is 2.49. The monoisotopic (exact) mass is 186 g/mol. The van der Waals surface area contributed by atoms with Crippen LogP contribution >= 0.6 is 0 Å². The van der Waals surface area contributed by atoms with Crippen molar-refractivity contribution in [3.8, 4) is 0 Å². The van der Waals surface area contributed by atoms with Gasteiger partial charge < -0.3 is 5.11 Å². The smallest absolute Gasteiger partial charge is 0.0620 e. The quantitative estimate of drug-likeness (QED) is 0.668. The van der Waals surface area contributed by atoms with E-state index < -0.39 is 0 Å². The number of aliphatic hydroxyl groups is 1. The fourth-order valence-corrected chi connectivity index (χ4v) is 3.28. The summed E-state index contributed by atoms with van der Waals surface area (Å²) in [5.74, 6) is 1.29. The molecule has 1 aromatic rings. The van der Waals surface area contributed by atoms with Gasteiger partial charge >= 0.3 is 0 Å². The molecule has 1 saturated carbocycles. The number of hydrogen-bond acceptors (Lipinski definition) is 1. The van der Waals surface area contributed by atoms with Crippen LogP contribution in [0.3, 0.4) is 0 Å². The first-order chi connectivity index (χ1) is 6.83. The van der Waals surface area contributed by atoms with E-state index in [0.717, 1.165) is 6.42 Å². The molecule has 1 aromatic carbocycles. The molecular weight excluding hydrogens is 172 g/mol. The lowest BCUT2D eigenvalue weighted by molar-refractivity contribution is 0.155. The fourth-order valence-electron chi connectivity index (χ4n) is 3.28. The van der Waals surface area contributed by atoms with Crippen molar-refractivity contribution >= 4 is 0 Å². The Labute approximate surface area is 84.1 Å². The fraction of sp³-hybridized carbons (Fsp3) is 0.385. The van der Waals surface area contributed by atoms with Crippen LogP contribution < -0.4 is 0 Å². The van der Waals surface area contributed by atoms with Crippen molar-refractivity contribution in [2.24, 2.45) is 5.92 Å². The summed E-state index contributed by atoms with van der Waals surface area (Å²) in [7, 11) is 0. The maximum Gasteiger partial charge on any atom is 0.0620 e. The zero-order chi connectivity index (χ0) is 9.71. The molecule has 0 aromatic heterocycles. The van der Waals surface area contributed by atoms with Gasteiger partial charge in [0, 0.05) is 5.92 Å². The predicted octanol–water partition coefficient (Wildman–Crippen LogP) is 2.43. The van der Waals surface area contributed by atoms with Gasteiger partial charge in [-0.25, -0.2) is 0 Å². The van der Waals surface area contributed by atoms with Crippen LogP contribution in [0.4, 0.5) is 0 Å². The zero-order valence-electron chi connectivity index (χ0n) is 8.06. The molecule has 2 aliphatic rings. The molecule has 1 N–H and O–H groups in total. The first-order valence-electron chi connectivity index (χ1n) is 5.22. The van der Waals surface area contributed by atoms with E-state index >= 15 is 0 Å². The minimum Gasteiger partial charge on any atom is -0.392 e. The number of fused-ring (bicyclic) bond motifs is 5. The van der Waals surface area contributed by atoms with E-state index in [4.69, 9.17) is 0 Å². The first-order valence-corrected chi connectivity index (χ1v) is 5.22. The number of rotatable bonds is 1. The molecule has 0 spiro atoms. The third kappa shape index (κ3) is 0.833. The van der Waals surface area contributed by atoms with Crippen LogP contribution in [0.2, 0.25) is 0 Å². The maximum absolute atomic E-state index is 9.92. The summed E-state index contributed by atoms with van der Waals surface area (Å²) in [6.45, 7) is 3.89. The van der Waals surface area contributed by atoms with Gasteiger partial charge in [0.1, 0.15) is 0 Å². The summed E-state index contributed by atoms with van der Waals surface area (Å²) in [4.78, 5) is 0. The van der Waals surface area contributed by atoms with Gasteiger partial charge in [-0.2, -0.15) is 0 Å². The van der Waals surface area contributed by atoms with E-state index in [1.807, 2.05) is 6.08 Å². The van der Waals surface area contributed by atoms with Crippen molar-refractivity contribution in [1.82, 2.24) is 0 Å². The van der Waals surface area contributed by atoms with Crippen LogP contribution in [0.15, 0.2) is 36.9 Å². The highest BCUT2D eigenvalue weighted by molar-refractivity contribution is 5.45. The minimum absolute atomic E-state index is 0.155. The highest BCUT2D eigenvalue weighted by Crippen LogP contribution is 2.57. The van der Waals surface area contributed by atoms with Crippen LogP contribution in [0.5, 0.6) is 0 Å². The first kappa shape index (κ1) is 8.25. The van der Waals surface area contributed by atoms with E-state index in [1.54, 1.807) is 0 Å². The van der Waals surface area contributed by atoms with Crippen molar-refractivity contribution in [2.45, 2.75) is 24.4 Å². The van der Waals surface area contributed by atoms with E-state index in [0.29, 0.717) is 17.8 Å². The summed E-state index contributed by atoms with van der Waals surface area (Å²) >= 11 is 0. The van der Waals surface area contributed by atoms with Crippen molar-refractivity contribution < 1.29 is 5.11 Å². The summed E-state index contributed by atoms with van der Waals surface area (Å²) in [5.41, 5.74) is 2.79. The molecule has 72 valence electrons. The van der Waals surface area contributed by atoms with Crippen molar-refractivity contribution in [2.75, 3.05) is 0 Å². The molecule has 1 heteroatoms. The molecule has 4 atom stereocenters. The summed E-state index contributed by atoms with van der Waals surface area (Å²) in [6, 6.07) is 8.50. The molecule has 1 fully saturated rings. The summed E-state index contributed by atoms with van der Waals surface area (Å²) in [5, 5.41) is 9.92. The molecule has 3 rings (SSSR count). The van der Waals surface area contributed by atoms with Gasteiger partial charge in [-0.15, -0.1) is 6.58 Å².